The van der Waals surface area contributed by atoms with Crippen LogP contribution in [0, 0.1) is 11.3 Å². The maximum absolute atomic E-state index is 11.2. The van der Waals surface area contributed by atoms with E-state index in [1.807, 2.05) is 13.8 Å². The van der Waals surface area contributed by atoms with E-state index in [-0.39, 0.29) is 11.4 Å². The number of ether oxygens (including phenoxy) is 1. The van der Waals surface area contributed by atoms with Crippen LogP contribution in [-0.2, 0) is 9.53 Å². The molecule has 0 radical (unpaired) electrons. The Labute approximate surface area is 78.3 Å². The van der Waals surface area contributed by atoms with E-state index in [9.17, 15) is 9.90 Å². The van der Waals surface area contributed by atoms with Crippen LogP contribution in [0.3, 0.4) is 0 Å². The summed E-state index contributed by atoms with van der Waals surface area (Å²) in [6, 6.07) is 0. The number of rotatable bonds is 1. The first-order valence-electron chi connectivity index (χ1n) is 4.45. The maximum atomic E-state index is 11.2. The summed E-state index contributed by atoms with van der Waals surface area (Å²) in [5.74, 6) is -0.776. The molecule has 4 heteroatoms. The molecule has 2 atom stereocenters. The van der Waals surface area contributed by atoms with Crippen LogP contribution in [0.5, 0.6) is 0 Å². The van der Waals surface area contributed by atoms with E-state index in [1.165, 1.54) is 7.11 Å². The molecule has 2 unspecified atom stereocenters. The van der Waals surface area contributed by atoms with E-state index in [0.29, 0.717) is 6.54 Å². The zero-order chi connectivity index (χ0) is 10.1. The van der Waals surface area contributed by atoms with Gasteiger partial charge in [0.15, 0.2) is 0 Å². The van der Waals surface area contributed by atoms with Gasteiger partial charge in [-0.15, -0.1) is 0 Å². The fourth-order valence-electron chi connectivity index (χ4n) is 1.67. The summed E-state index contributed by atoms with van der Waals surface area (Å²) in [6.45, 7) is 5.08. The third kappa shape index (κ3) is 2.00. The van der Waals surface area contributed by atoms with Gasteiger partial charge in [0.1, 0.15) is 0 Å². The van der Waals surface area contributed by atoms with E-state index in [0.717, 1.165) is 6.54 Å². The second kappa shape index (κ2) is 3.64. The van der Waals surface area contributed by atoms with E-state index < -0.39 is 12.0 Å². The minimum atomic E-state index is -0.624. The molecule has 1 saturated heterocycles. The zero-order valence-electron chi connectivity index (χ0n) is 8.33. The lowest BCUT2D eigenvalue weighted by Gasteiger charge is -2.39. The Hall–Kier alpha value is -0.610. The third-order valence-electron chi connectivity index (χ3n) is 2.63. The van der Waals surface area contributed by atoms with Crippen molar-refractivity contribution in [1.29, 1.82) is 0 Å². The molecule has 1 heterocycles. The average molecular weight is 187 g/mol. The molecular weight excluding hydrogens is 170 g/mol. The minimum absolute atomic E-state index is 0.267. The van der Waals surface area contributed by atoms with Gasteiger partial charge < -0.3 is 15.2 Å². The number of aliphatic hydroxyl groups excluding tert-OH is 1. The Morgan fingerprint density at radius 1 is 1.62 bits per heavy atom. The molecule has 0 bridgehead atoms. The number of hydrogen-bond acceptors (Lipinski definition) is 4. The van der Waals surface area contributed by atoms with Crippen LogP contribution in [0.15, 0.2) is 0 Å². The lowest BCUT2D eigenvalue weighted by Crippen LogP contribution is -2.54. The van der Waals surface area contributed by atoms with Crippen LogP contribution in [0.2, 0.25) is 0 Å². The SMILES string of the molecule is COC(=O)C1CNCC(C)(C)C1O. The molecule has 76 valence electrons. The van der Waals surface area contributed by atoms with Crippen LogP contribution in [0.4, 0.5) is 0 Å². The number of hydrogen-bond donors (Lipinski definition) is 2. The van der Waals surface area contributed by atoms with Crippen molar-refractivity contribution in [3.63, 3.8) is 0 Å². The summed E-state index contributed by atoms with van der Waals surface area (Å²) in [7, 11) is 1.34. The normalized spacial score (nSPS) is 32.6. The standard InChI is InChI=1S/C9H17NO3/c1-9(2)5-10-4-6(7(9)11)8(12)13-3/h6-7,10-11H,4-5H2,1-3H3. The Bertz CT molecular complexity index is 203. The van der Waals surface area contributed by atoms with Gasteiger partial charge in [-0.3, -0.25) is 4.79 Å². The summed E-state index contributed by atoms with van der Waals surface area (Å²) in [4.78, 5) is 11.2. The molecule has 0 aliphatic carbocycles. The van der Waals surface area contributed by atoms with Crippen LogP contribution < -0.4 is 5.32 Å². The highest BCUT2D eigenvalue weighted by Crippen LogP contribution is 2.29. The third-order valence-corrected chi connectivity index (χ3v) is 2.63. The summed E-state index contributed by atoms with van der Waals surface area (Å²) in [5, 5.41) is 13.0. The summed E-state index contributed by atoms with van der Waals surface area (Å²) in [6.07, 6.45) is -0.624. The van der Waals surface area contributed by atoms with Gasteiger partial charge in [0, 0.05) is 18.5 Å². The zero-order valence-corrected chi connectivity index (χ0v) is 8.33. The predicted octanol–water partition coefficient (Wildman–Crippen LogP) is -0.234. The Morgan fingerprint density at radius 2 is 2.23 bits per heavy atom. The Morgan fingerprint density at radius 3 is 2.77 bits per heavy atom. The van der Waals surface area contributed by atoms with Gasteiger partial charge in [0.05, 0.1) is 19.1 Å². The first-order valence-corrected chi connectivity index (χ1v) is 4.45. The second-order valence-electron chi connectivity index (χ2n) is 4.19. The van der Waals surface area contributed by atoms with Gasteiger partial charge in [-0.1, -0.05) is 13.8 Å². The molecule has 1 fully saturated rings. The van der Waals surface area contributed by atoms with Gasteiger partial charge in [0.2, 0.25) is 0 Å². The van der Waals surface area contributed by atoms with Crippen molar-refractivity contribution in [2.24, 2.45) is 11.3 Å². The van der Waals surface area contributed by atoms with E-state index in [1.54, 1.807) is 0 Å². The first-order chi connectivity index (χ1) is 5.99. The molecule has 2 N–H and O–H groups in total. The van der Waals surface area contributed by atoms with Crippen molar-refractivity contribution in [3.8, 4) is 0 Å². The van der Waals surface area contributed by atoms with Gasteiger partial charge in [-0.2, -0.15) is 0 Å². The molecule has 1 aliphatic rings. The molecule has 0 spiro atoms. The second-order valence-corrected chi connectivity index (χ2v) is 4.19. The molecule has 13 heavy (non-hydrogen) atoms. The number of carbonyl (C=O) groups excluding carboxylic acids is 1. The summed E-state index contributed by atoms with van der Waals surface area (Å²) >= 11 is 0. The molecule has 4 nitrogen and oxygen atoms in total. The van der Waals surface area contributed by atoms with E-state index >= 15 is 0 Å². The smallest absolute Gasteiger partial charge is 0.312 e. The number of aliphatic hydroxyl groups is 1. The van der Waals surface area contributed by atoms with Gasteiger partial charge in [0.25, 0.3) is 0 Å². The van der Waals surface area contributed by atoms with Crippen molar-refractivity contribution in [2.75, 3.05) is 20.2 Å². The fourth-order valence-corrected chi connectivity index (χ4v) is 1.67. The lowest BCUT2D eigenvalue weighted by molar-refractivity contribution is -0.154. The molecule has 0 aromatic rings. The molecular formula is C9H17NO3. The summed E-state index contributed by atoms with van der Waals surface area (Å²) in [5.41, 5.74) is -0.267. The largest absolute Gasteiger partial charge is 0.469 e. The topological polar surface area (TPSA) is 58.6 Å². The van der Waals surface area contributed by atoms with Crippen molar-refractivity contribution in [2.45, 2.75) is 20.0 Å². The number of piperidine rings is 1. The molecule has 0 aromatic heterocycles. The Kier molecular flexibility index (Phi) is 2.93. The van der Waals surface area contributed by atoms with Crippen molar-refractivity contribution < 1.29 is 14.6 Å². The highest BCUT2D eigenvalue weighted by Gasteiger charge is 2.41. The van der Waals surface area contributed by atoms with Gasteiger partial charge in [-0.25, -0.2) is 0 Å². The number of methoxy groups -OCH3 is 1. The molecule has 0 amide bonds. The van der Waals surface area contributed by atoms with Crippen LogP contribution in [-0.4, -0.2) is 37.4 Å². The van der Waals surface area contributed by atoms with Gasteiger partial charge >= 0.3 is 5.97 Å². The average Bonchev–Trinajstić information content (AvgIpc) is 2.08. The van der Waals surface area contributed by atoms with Crippen molar-refractivity contribution >= 4 is 5.97 Å². The minimum Gasteiger partial charge on any atom is -0.469 e. The number of nitrogens with one attached hydrogen (secondary N) is 1. The number of carbonyl (C=O) groups is 1. The molecule has 0 saturated carbocycles. The monoisotopic (exact) mass is 187 g/mol. The van der Waals surface area contributed by atoms with Crippen molar-refractivity contribution in [1.82, 2.24) is 5.32 Å². The number of esters is 1. The van der Waals surface area contributed by atoms with Gasteiger partial charge in [-0.05, 0) is 0 Å². The highest BCUT2D eigenvalue weighted by atomic mass is 16.5. The highest BCUT2D eigenvalue weighted by molar-refractivity contribution is 5.73. The fraction of sp³-hybridized carbons (Fsp3) is 0.889. The lowest BCUT2D eigenvalue weighted by atomic mass is 9.76. The Balaban J connectivity index is 2.71. The summed E-state index contributed by atoms with van der Waals surface area (Å²) < 4.78 is 4.61. The predicted molar refractivity (Wildman–Crippen MR) is 48.2 cm³/mol. The maximum Gasteiger partial charge on any atom is 0.312 e. The molecule has 1 rings (SSSR count). The van der Waals surface area contributed by atoms with E-state index in [4.69, 9.17) is 0 Å². The quantitative estimate of drug-likeness (QED) is 0.556. The van der Waals surface area contributed by atoms with Crippen LogP contribution >= 0.6 is 0 Å². The van der Waals surface area contributed by atoms with Crippen molar-refractivity contribution in [3.05, 3.63) is 0 Å². The molecule has 1 aliphatic heterocycles. The van der Waals surface area contributed by atoms with Crippen LogP contribution in [0.25, 0.3) is 0 Å². The molecule has 0 aromatic carbocycles. The first kappa shape index (κ1) is 10.5. The van der Waals surface area contributed by atoms with Crippen LogP contribution in [0.1, 0.15) is 13.8 Å². The van der Waals surface area contributed by atoms with E-state index in [2.05, 4.69) is 10.1 Å².